The highest BCUT2D eigenvalue weighted by Crippen LogP contribution is 2.26. The van der Waals surface area contributed by atoms with Crippen LogP contribution in [-0.4, -0.2) is 41.4 Å². The Labute approximate surface area is 175 Å². The fourth-order valence-electron chi connectivity index (χ4n) is 3.86. The van der Waals surface area contributed by atoms with E-state index in [1.54, 1.807) is 29.2 Å². The third-order valence-corrected chi connectivity index (χ3v) is 5.62. The molecule has 2 saturated heterocycles. The number of benzene rings is 1. The molecule has 29 heavy (non-hydrogen) atoms. The van der Waals surface area contributed by atoms with Gasteiger partial charge in [-0.05, 0) is 44.0 Å². The molecule has 0 saturated carbocycles. The topological polar surface area (TPSA) is 78.4 Å². The van der Waals surface area contributed by atoms with Crippen LogP contribution < -0.4 is 15.1 Å². The third kappa shape index (κ3) is 4.50. The maximum absolute atomic E-state index is 12.6. The zero-order valence-corrected chi connectivity index (χ0v) is 17.2. The maximum Gasteiger partial charge on any atom is 0.227 e. The van der Waals surface area contributed by atoms with Crippen molar-refractivity contribution < 1.29 is 9.59 Å². The highest BCUT2D eigenvalue weighted by molar-refractivity contribution is 6.30. The highest BCUT2D eigenvalue weighted by Gasteiger charge is 2.35. The molecule has 1 aromatic heterocycles. The smallest absolute Gasteiger partial charge is 0.227 e. The quantitative estimate of drug-likeness (QED) is 0.815. The molecule has 2 aliphatic heterocycles. The number of nitrogens with zero attached hydrogens (tertiary/aromatic N) is 4. The number of anilines is 2. The minimum absolute atomic E-state index is 0.0596. The zero-order chi connectivity index (χ0) is 20.4. The van der Waals surface area contributed by atoms with Gasteiger partial charge in [-0.2, -0.15) is 0 Å². The van der Waals surface area contributed by atoms with Crippen molar-refractivity contribution in [2.45, 2.75) is 32.7 Å². The van der Waals surface area contributed by atoms with E-state index in [4.69, 9.17) is 11.6 Å². The molecule has 0 spiro atoms. The van der Waals surface area contributed by atoms with E-state index >= 15 is 0 Å². The fraction of sp³-hybridized carbons (Fsp3) is 0.429. The highest BCUT2D eigenvalue weighted by atomic mass is 35.5. The summed E-state index contributed by atoms with van der Waals surface area (Å²) in [6.07, 6.45) is 2.55. The summed E-state index contributed by atoms with van der Waals surface area (Å²) < 4.78 is 0. The number of amides is 2. The molecule has 1 N–H and O–H groups in total. The van der Waals surface area contributed by atoms with Crippen LogP contribution >= 0.6 is 11.6 Å². The molecular formula is C21H24ClN5O2. The molecule has 1 aromatic carbocycles. The Bertz CT molecular complexity index is 912. The molecule has 2 aliphatic rings. The van der Waals surface area contributed by atoms with Crippen LogP contribution in [0.5, 0.6) is 0 Å². The molecule has 4 rings (SSSR count). The molecule has 0 radical (unpaired) electrons. The van der Waals surface area contributed by atoms with Crippen LogP contribution in [0.15, 0.2) is 30.3 Å². The number of aromatic nitrogens is 2. The number of aryl methyl sites for hydroxylation is 1. The molecule has 1 atom stereocenters. The average Bonchev–Trinajstić information content (AvgIpc) is 3.36. The summed E-state index contributed by atoms with van der Waals surface area (Å²) in [6, 6.07) is 9.05. The van der Waals surface area contributed by atoms with Gasteiger partial charge in [0, 0.05) is 48.5 Å². The number of halogens is 1. The largest absolute Gasteiger partial charge is 0.357 e. The minimum atomic E-state index is -0.388. The normalized spacial score (nSPS) is 19.1. The Hall–Kier alpha value is -2.67. The summed E-state index contributed by atoms with van der Waals surface area (Å²) in [7, 11) is 0. The van der Waals surface area contributed by atoms with Crippen LogP contribution in [-0.2, 0) is 16.1 Å². The lowest BCUT2D eigenvalue weighted by molar-refractivity contribution is -0.126. The van der Waals surface area contributed by atoms with Gasteiger partial charge < -0.3 is 15.1 Å². The number of carbonyl (C=O) groups excluding carboxylic acids is 2. The van der Waals surface area contributed by atoms with Crippen molar-refractivity contribution >= 4 is 34.9 Å². The van der Waals surface area contributed by atoms with Crippen molar-refractivity contribution in [2.75, 3.05) is 29.4 Å². The van der Waals surface area contributed by atoms with Gasteiger partial charge in [0.1, 0.15) is 11.6 Å². The Morgan fingerprint density at radius 3 is 2.66 bits per heavy atom. The molecule has 0 bridgehead atoms. The van der Waals surface area contributed by atoms with Gasteiger partial charge in [0.15, 0.2) is 0 Å². The van der Waals surface area contributed by atoms with Gasteiger partial charge in [-0.1, -0.05) is 11.6 Å². The van der Waals surface area contributed by atoms with E-state index in [2.05, 4.69) is 20.2 Å². The molecule has 2 fully saturated rings. The third-order valence-electron chi connectivity index (χ3n) is 5.37. The summed E-state index contributed by atoms with van der Waals surface area (Å²) in [5, 5.41) is 3.52. The lowest BCUT2D eigenvalue weighted by Crippen LogP contribution is -2.33. The van der Waals surface area contributed by atoms with E-state index in [-0.39, 0.29) is 30.7 Å². The average molecular weight is 414 g/mol. The van der Waals surface area contributed by atoms with Gasteiger partial charge >= 0.3 is 0 Å². The van der Waals surface area contributed by atoms with Crippen molar-refractivity contribution in [3.8, 4) is 0 Å². The summed E-state index contributed by atoms with van der Waals surface area (Å²) in [5.41, 5.74) is 1.64. The van der Waals surface area contributed by atoms with E-state index < -0.39 is 0 Å². The lowest BCUT2D eigenvalue weighted by Gasteiger charge is -2.18. The van der Waals surface area contributed by atoms with Crippen LogP contribution in [0, 0.1) is 12.8 Å². The molecule has 3 heterocycles. The van der Waals surface area contributed by atoms with Crippen molar-refractivity contribution in [2.24, 2.45) is 5.92 Å². The van der Waals surface area contributed by atoms with Gasteiger partial charge in [0.2, 0.25) is 11.8 Å². The van der Waals surface area contributed by atoms with Gasteiger partial charge in [0.05, 0.1) is 12.5 Å². The minimum Gasteiger partial charge on any atom is -0.357 e. The first-order valence-electron chi connectivity index (χ1n) is 9.93. The van der Waals surface area contributed by atoms with Crippen molar-refractivity contribution in [3.63, 3.8) is 0 Å². The summed E-state index contributed by atoms with van der Waals surface area (Å²) in [6.45, 7) is 4.57. The van der Waals surface area contributed by atoms with Gasteiger partial charge in [-0.15, -0.1) is 0 Å². The second kappa shape index (κ2) is 8.37. The van der Waals surface area contributed by atoms with Crippen molar-refractivity contribution in [1.29, 1.82) is 0 Å². The number of nitrogens with one attached hydrogen (secondary N) is 1. The van der Waals surface area contributed by atoms with Crippen LogP contribution in [0.4, 0.5) is 11.5 Å². The Morgan fingerprint density at radius 1 is 1.21 bits per heavy atom. The molecule has 2 aromatic rings. The standard InChI is InChI=1S/C21H24ClN5O2/c1-14-10-19(26-8-2-3-9-26)25-18(24-14)12-23-21(29)15-11-20(28)27(13-15)17-6-4-16(22)5-7-17/h4-7,10,15H,2-3,8-9,11-13H2,1H3,(H,23,29). The van der Waals surface area contributed by atoms with Crippen LogP contribution in [0.1, 0.15) is 30.8 Å². The fourth-order valence-corrected chi connectivity index (χ4v) is 3.99. The Kier molecular flexibility index (Phi) is 5.67. The number of carbonyl (C=O) groups is 2. The predicted octanol–water partition coefficient (Wildman–Crippen LogP) is 2.71. The molecular weight excluding hydrogens is 390 g/mol. The summed E-state index contributed by atoms with van der Waals surface area (Å²) >= 11 is 5.91. The van der Waals surface area contributed by atoms with E-state index in [1.165, 1.54) is 12.8 Å². The first kappa shape index (κ1) is 19.6. The second-order valence-corrected chi connectivity index (χ2v) is 8.01. The first-order chi connectivity index (χ1) is 14.0. The van der Waals surface area contributed by atoms with E-state index in [1.807, 2.05) is 13.0 Å². The molecule has 152 valence electrons. The van der Waals surface area contributed by atoms with E-state index in [0.717, 1.165) is 30.3 Å². The first-order valence-corrected chi connectivity index (χ1v) is 10.3. The summed E-state index contributed by atoms with van der Waals surface area (Å²) in [5.74, 6) is 0.919. The maximum atomic E-state index is 12.6. The van der Waals surface area contributed by atoms with Gasteiger partial charge in [-0.3, -0.25) is 9.59 Å². The SMILES string of the molecule is Cc1cc(N2CCCC2)nc(CNC(=O)C2CC(=O)N(c3ccc(Cl)cc3)C2)n1. The number of hydrogen-bond donors (Lipinski definition) is 1. The number of rotatable bonds is 5. The van der Waals surface area contributed by atoms with E-state index in [0.29, 0.717) is 17.4 Å². The van der Waals surface area contributed by atoms with Crippen molar-refractivity contribution in [1.82, 2.24) is 15.3 Å². The summed E-state index contributed by atoms with van der Waals surface area (Å²) in [4.78, 5) is 38.0. The van der Waals surface area contributed by atoms with Gasteiger partial charge in [-0.25, -0.2) is 9.97 Å². The monoisotopic (exact) mass is 413 g/mol. The van der Waals surface area contributed by atoms with E-state index in [9.17, 15) is 9.59 Å². The predicted molar refractivity (Wildman–Crippen MR) is 112 cm³/mol. The Balaban J connectivity index is 1.37. The van der Waals surface area contributed by atoms with Crippen molar-refractivity contribution in [3.05, 3.63) is 46.9 Å². The number of hydrogen-bond acceptors (Lipinski definition) is 5. The van der Waals surface area contributed by atoms with Crippen LogP contribution in [0.25, 0.3) is 0 Å². The van der Waals surface area contributed by atoms with Crippen LogP contribution in [0.3, 0.4) is 0 Å². The molecule has 1 unspecified atom stereocenters. The molecule has 8 heteroatoms. The lowest BCUT2D eigenvalue weighted by atomic mass is 10.1. The van der Waals surface area contributed by atoms with Crippen LogP contribution in [0.2, 0.25) is 5.02 Å². The molecule has 0 aliphatic carbocycles. The Morgan fingerprint density at radius 2 is 1.93 bits per heavy atom. The second-order valence-electron chi connectivity index (χ2n) is 7.58. The zero-order valence-electron chi connectivity index (χ0n) is 16.4. The van der Waals surface area contributed by atoms with Gasteiger partial charge in [0.25, 0.3) is 0 Å². The molecule has 2 amide bonds. The molecule has 7 nitrogen and oxygen atoms in total.